The van der Waals surface area contributed by atoms with Crippen LogP contribution in [0.2, 0.25) is 0 Å². The summed E-state index contributed by atoms with van der Waals surface area (Å²) >= 11 is 3.50. The van der Waals surface area contributed by atoms with Gasteiger partial charge in [0, 0.05) is 15.7 Å². The van der Waals surface area contributed by atoms with E-state index in [9.17, 15) is 0 Å². The van der Waals surface area contributed by atoms with E-state index in [1.165, 1.54) is 22.4 Å². The number of aryl methyl sites for hydroxylation is 2. The summed E-state index contributed by atoms with van der Waals surface area (Å²) in [5.41, 5.74) is 7.03. The summed E-state index contributed by atoms with van der Waals surface area (Å²) in [4.78, 5) is 0. The molecule has 0 aliphatic carbocycles. The van der Waals surface area contributed by atoms with Crippen molar-refractivity contribution in [1.82, 2.24) is 9.78 Å². The highest BCUT2D eigenvalue weighted by Crippen LogP contribution is 2.39. The van der Waals surface area contributed by atoms with E-state index in [2.05, 4.69) is 81.4 Å². The van der Waals surface area contributed by atoms with Crippen LogP contribution in [0.4, 0.5) is 5.69 Å². The molecule has 4 heteroatoms. The Bertz CT molecular complexity index is 849. The molecular weight excluding hydrogens is 338 g/mol. The van der Waals surface area contributed by atoms with Crippen molar-refractivity contribution in [2.45, 2.75) is 20.0 Å². The molecule has 0 saturated carbocycles. The number of rotatable bonds is 1. The molecule has 0 saturated heterocycles. The minimum atomic E-state index is 0.0204. The third-order valence-electron chi connectivity index (χ3n) is 4.03. The Morgan fingerprint density at radius 2 is 1.82 bits per heavy atom. The maximum Gasteiger partial charge on any atom is 0.147 e. The Balaban J connectivity index is 1.90. The summed E-state index contributed by atoms with van der Waals surface area (Å²) in [6, 6.07) is 17.1. The second kappa shape index (κ2) is 4.99. The standard InChI is InChI=1S/C18H16BrN3/c1-11-3-8-16-15(9-11)17-10-12(2)21-22(17)18(20-16)13-4-6-14(19)7-5-13/h3-10,18,20H,1-2H3. The molecule has 2 heterocycles. The highest BCUT2D eigenvalue weighted by molar-refractivity contribution is 9.10. The molecule has 22 heavy (non-hydrogen) atoms. The summed E-state index contributed by atoms with van der Waals surface area (Å²) in [6.07, 6.45) is 0.0204. The van der Waals surface area contributed by atoms with Crippen LogP contribution in [0.15, 0.2) is 53.0 Å². The van der Waals surface area contributed by atoms with Gasteiger partial charge in [0.2, 0.25) is 0 Å². The highest BCUT2D eigenvalue weighted by atomic mass is 79.9. The van der Waals surface area contributed by atoms with Gasteiger partial charge in [-0.15, -0.1) is 0 Å². The number of hydrogen-bond donors (Lipinski definition) is 1. The van der Waals surface area contributed by atoms with E-state index < -0.39 is 0 Å². The molecule has 3 aromatic rings. The second-order valence-corrected chi connectivity index (χ2v) is 6.68. The van der Waals surface area contributed by atoms with Gasteiger partial charge in [-0.25, -0.2) is 4.68 Å². The lowest BCUT2D eigenvalue weighted by Gasteiger charge is -2.29. The smallest absolute Gasteiger partial charge is 0.147 e. The fraction of sp³-hybridized carbons (Fsp3) is 0.167. The Labute approximate surface area is 138 Å². The van der Waals surface area contributed by atoms with Crippen LogP contribution in [-0.4, -0.2) is 9.78 Å². The number of anilines is 1. The fourth-order valence-corrected chi connectivity index (χ4v) is 3.25. The van der Waals surface area contributed by atoms with E-state index in [-0.39, 0.29) is 6.17 Å². The minimum absolute atomic E-state index is 0.0204. The number of halogens is 1. The summed E-state index contributed by atoms with van der Waals surface area (Å²) < 4.78 is 3.17. The zero-order chi connectivity index (χ0) is 15.3. The molecule has 0 amide bonds. The van der Waals surface area contributed by atoms with Crippen molar-refractivity contribution in [3.05, 3.63) is 69.8 Å². The van der Waals surface area contributed by atoms with Crippen LogP contribution in [0.3, 0.4) is 0 Å². The fourth-order valence-electron chi connectivity index (χ4n) is 2.99. The van der Waals surface area contributed by atoms with Crippen molar-refractivity contribution in [1.29, 1.82) is 0 Å². The Hall–Kier alpha value is -2.07. The number of benzene rings is 2. The molecule has 110 valence electrons. The van der Waals surface area contributed by atoms with Gasteiger partial charge in [0.15, 0.2) is 0 Å². The van der Waals surface area contributed by atoms with Crippen molar-refractivity contribution in [2.75, 3.05) is 5.32 Å². The zero-order valence-corrected chi connectivity index (χ0v) is 14.1. The van der Waals surface area contributed by atoms with Crippen molar-refractivity contribution in [2.24, 2.45) is 0 Å². The Morgan fingerprint density at radius 1 is 1.05 bits per heavy atom. The average Bonchev–Trinajstić information content (AvgIpc) is 2.89. The topological polar surface area (TPSA) is 29.9 Å². The maximum atomic E-state index is 4.70. The summed E-state index contributed by atoms with van der Waals surface area (Å²) in [7, 11) is 0. The molecule has 1 N–H and O–H groups in total. The number of nitrogens with one attached hydrogen (secondary N) is 1. The number of aromatic nitrogens is 2. The van der Waals surface area contributed by atoms with Crippen molar-refractivity contribution in [3.8, 4) is 11.3 Å². The first-order chi connectivity index (χ1) is 10.6. The van der Waals surface area contributed by atoms with Gasteiger partial charge in [0.25, 0.3) is 0 Å². The summed E-state index contributed by atoms with van der Waals surface area (Å²) in [5, 5.41) is 8.32. The molecule has 1 aliphatic heterocycles. The van der Waals surface area contributed by atoms with E-state index in [0.717, 1.165) is 15.9 Å². The van der Waals surface area contributed by atoms with Crippen LogP contribution in [0.1, 0.15) is 23.0 Å². The van der Waals surface area contributed by atoms with E-state index >= 15 is 0 Å². The minimum Gasteiger partial charge on any atom is -0.359 e. The van der Waals surface area contributed by atoms with Crippen LogP contribution in [0.5, 0.6) is 0 Å². The average molecular weight is 354 g/mol. The van der Waals surface area contributed by atoms with Crippen LogP contribution >= 0.6 is 15.9 Å². The van der Waals surface area contributed by atoms with Gasteiger partial charge in [-0.2, -0.15) is 5.10 Å². The van der Waals surface area contributed by atoms with Crippen molar-refractivity contribution < 1.29 is 0 Å². The van der Waals surface area contributed by atoms with Gasteiger partial charge in [-0.1, -0.05) is 39.7 Å². The normalized spacial score (nSPS) is 15.9. The molecule has 0 bridgehead atoms. The molecule has 2 aromatic carbocycles. The lowest BCUT2D eigenvalue weighted by Crippen LogP contribution is -2.25. The SMILES string of the molecule is Cc1ccc2c(c1)-c1cc(C)nn1C(c1ccc(Br)cc1)N2. The van der Waals surface area contributed by atoms with Crippen LogP contribution in [0, 0.1) is 13.8 Å². The predicted octanol–water partition coefficient (Wildman–Crippen LogP) is 4.90. The first-order valence-corrected chi connectivity index (χ1v) is 8.10. The zero-order valence-electron chi connectivity index (χ0n) is 12.5. The lowest BCUT2D eigenvalue weighted by molar-refractivity contribution is 0.571. The Morgan fingerprint density at radius 3 is 2.59 bits per heavy atom. The first-order valence-electron chi connectivity index (χ1n) is 7.31. The number of hydrogen-bond acceptors (Lipinski definition) is 2. The number of nitrogens with zero attached hydrogens (tertiary/aromatic N) is 2. The number of fused-ring (bicyclic) bond motifs is 3. The molecule has 1 unspecified atom stereocenters. The molecule has 1 atom stereocenters. The second-order valence-electron chi connectivity index (χ2n) is 5.76. The Kier molecular flexibility index (Phi) is 3.08. The van der Waals surface area contributed by atoms with Crippen molar-refractivity contribution >= 4 is 21.6 Å². The lowest BCUT2D eigenvalue weighted by atomic mass is 10.0. The van der Waals surface area contributed by atoms with Gasteiger partial charge >= 0.3 is 0 Å². The van der Waals surface area contributed by atoms with E-state index in [1.807, 2.05) is 6.92 Å². The van der Waals surface area contributed by atoms with Gasteiger partial charge in [0.05, 0.1) is 11.4 Å². The van der Waals surface area contributed by atoms with Crippen LogP contribution < -0.4 is 5.32 Å². The molecule has 0 radical (unpaired) electrons. The van der Waals surface area contributed by atoms with E-state index in [1.54, 1.807) is 0 Å². The van der Waals surface area contributed by atoms with Crippen molar-refractivity contribution in [3.63, 3.8) is 0 Å². The van der Waals surface area contributed by atoms with Crippen LogP contribution in [-0.2, 0) is 0 Å². The molecular formula is C18H16BrN3. The van der Waals surface area contributed by atoms with Gasteiger partial charge < -0.3 is 5.32 Å². The quantitative estimate of drug-likeness (QED) is 0.674. The summed E-state index contributed by atoms with van der Waals surface area (Å²) in [6.45, 7) is 4.16. The highest BCUT2D eigenvalue weighted by Gasteiger charge is 2.26. The predicted molar refractivity (Wildman–Crippen MR) is 93.0 cm³/mol. The first kappa shape index (κ1) is 13.6. The van der Waals surface area contributed by atoms with Gasteiger partial charge in [-0.05, 0) is 49.7 Å². The largest absolute Gasteiger partial charge is 0.359 e. The van der Waals surface area contributed by atoms with Gasteiger partial charge in [-0.3, -0.25) is 0 Å². The molecule has 1 aromatic heterocycles. The molecule has 3 nitrogen and oxygen atoms in total. The molecule has 0 spiro atoms. The molecule has 1 aliphatic rings. The molecule has 0 fully saturated rings. The van der Waals surface area contributed by atoms with Crippen LogP contribution in [0.25, 0.3) is 11.3 Å². The maximum absolute atomic E-state index is 4.70. The van der Waals surface area contributed by atoms with E-state index in [0.29, 0.717) is 0 Å². The van der Waals surface area contributed by atoms with Gasteiger partial charge in [0.1, 0.15) is 6.17 Å². The monoisotopic (exact) mass is 353 g/mol. The molecule has 4 rings (SSSR count). The summed E-state index contributed by atoms with van der Waals surface area (Å²) in [5.74, 6) is 0. The van der Waals surface area contributed by atoms with E-state index in [4.69, 9.17) is 5.10 Å². The third-order valence-corrected chi connectivity index (χ3v) is 4.56. The third kappa shape index (κ3) is 2.15.